The van der Waals surface area contributed by atoms with Crippen molar-refractivity contribution in [2.75, 3.05) is 26.2 Å². The predicted molar refractivity (Wildman–Crippen MR) is 94.2 cm³/mol. The molecule has 9 nitrogen and oxygen atoms in total. The summed E-state index contributed by atoms with van der Waals surface area (Å²) in [5, 5.41) is 3.91. The van der Waals surface area contributed by atoms with Crippen molar-refractivity contribution >= 4 is 15.9 Å². The molecule has 10 heteroatoms. The first kappa shape index (κ1) is 18.3. The van der Waals surface area contributed by atoms with E-state index in [2.05, 4.69) is 5.10 Å². The largest absolute Gasteiger partial charge is 0.337 e. The van der Waals surface area contributed by atoms with Crippen molar-refractivity contribution in [3.63, 3.8) is 0 Å². The summed E-state index contributed by atoms with van der Waals surface area (Å²) in [6.07, 6.45) is 4.86. The summed E-state index contributed by atoms with van der Waals surface area (Å²) in [5.74, 6) is -0.369. The first-order chi connectivity index (χ1) is 12.3. The van der Waals surface area contributed by atoms with Gasteiger partial charge < -0.3 is 9.47 Å². The van der Waals surface area contributed by atoms with E-state index in [0.29, 0.717) is 19.5 Å². The van der Waals surface area contributed by atoms with Crippen molar-refractivity contribution < 1.29 is 13.2 Å². The summed E-state index contributed by atoms with van der Waals surface area (Å²) in [6.45, 7) is 1.12. The minimum absolute atomic E-state index is 0.0959. The van der Waals surface area contributed by atoms with E-state index < -0.39 is 10.0 Å². The van der Waals surface area contributed by atoms with Gasteiger partial charge in [-0.3, -0.25) is 14.3 Å². The molecule has 1 fully saturated rings. The van der Waals surface area contributed by atoms with E-state index in [-0.39, 0.29) is 35.0 Å². The monoisotopic (exact) mass is 379 g/mol. The van der Waals surface area contributed by atoms with Gasteiger partial charge in [0, 0.05) is 52.7 Å². The van der Waals surface area contributed by atoms with E-state index in [4.69, 9.17) is 0 Å². The predicted octanol–water partition coefficient (Wildman–Crippen LogP) is -0.344. The second-order valence-corrected chi connectivity index (χ2v) is 8.18. The number of rotatable bonds is 3. The highest BCUT2D eigenvalue weighted by molar-refractivity contribution is 7.89. The fourth-order valence-corrected chi connectivity index (χ4v) is 4.40. The Hall–Kier alpha value is -2.46. The van der Waals surface area contributed by atoms with Crippen molar-refractivity contribution in [1.29, 1.82) is 0 Å². The molecule has 1 saturated heterocycles. The van der Waals surface area contributed by atoms with E-state index >= 15 is 0 Å². The third-order valence-electron chi connectivity index (χ3n) is 4.41. The summed E-state index contributed by atoms with van der Waals surface area (Å²) in [5.41, 5.74) is -0.264. The summed E-state index contributed by atoms with van der Waals surface area (Å²) in [4.78, 5) is 26.5. The van der Waals surface area contributed by atoms with E-state index in [1.54, 1.807) is 26.4 Å². The van der Waals surface area contributed by atoms with Gasteiger partial charge in [0.05, 0.1) is 6.20 Å². The number of amides is 1. The molecule has 0 bridgehead atoms. The number of carbonyl (C=O) groups excluding carboxylic acids is 1. The third-order valence-corrected chi connectivity index (χ3v) is 6.27. The minimum Gasteiger partial charge on any atom is -0.337 e. The average molecular weight is 379 g/mol. The maximum Gasteiger partial charge on any atom is 0.263 e. The first-order valence-corrected chi connectivity index (χ1v) is 9.68. The quantitative estimate of drug-likeness (QED) is 0.726. The lowest BCUT2D eigenvalue weighted by Gasteiger charge is -2.21. The van der Waals surface area contributed by atoms with E-state index in [1.807, 2.05) is 0 Å². The Kier molecular flexibility index (Phi) is 4.97. The third kappa shape index (κ3) is 3.42. The molecule has 2 aromatic heterocycles. The molecule has 0 aromatic carbocycles. The number of pyridine rings is 1. The maximum atomic E-state index is 12.7. The van der Waals surface area contributed by atoms with Crippen LogP contribution in [0.25, 0.3) is 0 Å². The van der Waals surface area contributed by atoms with E-state index in [0.717, 1.165) is 0 Å². The van der Waals surface area contributed by atoms with Crippen LogP contribution < -0.4 is 5.56 Å². The van der Waals surface area contributed by atoms with Gasteiger partial charge in [0.1, 0.15) is 10.5 Å². The summed E-state index contributed by atoms with van der Waals surface area (Å²) in [7, 11) is -0.405. The number of sulfonamides is 1. The maximum absolute atomic E-state index is 12.7. The molecule has 0 unspecified atom stereocenters. The molecule has 0 N–H and O–H groups in total. The molecule has 3 heterocycles. The Bertz CT molecular complexity index is 979. The zero-order valence-corrected chi connectivity index (χ0v) is 15.5. The molecule has 0 saturated carbocycles. The van der Waals surface area contributed by atoms with Crippen LogP contribution in [0.1, 0.15) is 16.8 Å². The van der Waals surface area contributed by atoms with Gasteiger partial charge in [-0.15, -0.1) is 0 Å². The Morgan fingerprint density at radius 3 is 2.62 bits per heavy atom. The molecular weight excluding hydrogens is 358 g/mol. The number of aryl methyl sites for hydroxylation is 2. The van der Waals surface area contributed by atoms with Gasteiger partial charge in [0.2, 0.25) is 10.0 Å². The van der Waals surface area contributed by atoms with Gasteiger partial charge in [-0.25, -0.2) is 8.42 Å². The topological polar surface area (TPSA) is 97.5 Å². The lowest BCUT2D eigenvalue weighted by atomic mass is 10.2. The molecule has 140 valence electrons. The second kappa shape index (κ2) is 7.04. The van der Waals surface area contributed by atoms with E-state index in [1.165, 1.54) is 36.9 Å². The Labute approximate surface area is 151 Å². The van der Waals surface area contributed by atoms with Crippen molar-refractivity contribution in [3.8, 4) is 0 Å². The van der Waals surface area contributed by atoms with Crippen molar-refractivity contribution in [3.05, 3.63) is 46.6 Å². The molecular formula is C16H21N5O4S. The molecule has 2 aromatic rings. The molecule has 0 aliphatic carbocycles. The summed E-state index contributed by atoms with van der Waals surface area (Å²) >= 11 is 0. The number of hydrogen-bond acceptors (Lipinski definition) is 5. The minimum atomic E-state index is -3.65. The van der Waals surface area contributed by atoms with Gasteiger partial charge in [0.15, 0.2) is 0 Å². The summed E-state index contributed by atoms with van der Waals surface area (Å²) in [6, 6.07) is 3.14. The number of carbonyl (C=O) groups is 1. The van der Waals surface area contributed by atoms with Crippen LogP contribution in [0.15, 0.2) is 40.4 Å². The molecule has 3 rings (SSSR count). The highest BCUT2D eigenvalue weighted by atomic mass is 32.2. The number of nitrogens with zero attached hydrogens (tertiary/aromatic N) is 5. The molecule has 1 aliphatic heterocycles. The fraction of sp³-hybridized carbons (Fsp3) is 0.438. The molecule has 0 radical (unpaired) electrons. The average Bonchev–Trinajstić information content (AvgIpc) is 2.90. The van der Waals surface area contributed by atoms with Crippen molar-refractivity contribution in [2.45, 2.75) is 11.3 Å². The van der Waals surface area contributed by atoms with Crippen LogP contribution in [0, 0.1) is 0 Å². The highest BCUT2D eigenvalue weighted by Crippen LogP contribution is 2.17. The highest BCUT2D eigenvalue weighted by Gasteiger charge is 2.30. The van der Waals surface area contributed by atoms with Gasteiger partial charge in [-0.1, -0.05) is 0 Å². The van der Waals surface area contributed by atoms with Gasteiger partial charge in [0.25, 0.3) is 11.5 Å². The number of aromatic nitrogens is 3. The zero-order chi connectivity index (χ0) is 18.9. The van der Waals surface area contributed by atoms with E-state index in [9.17, 15) is 18.0 Å². The smallest absolute Gasteiger partial charge is 0.263 e. The Morgan fingerprint density at radius 2 is 1.92 bits per heavy atom. The lowest BCUT2D eigenvalue weighted by Crippen LogP contribution is -2.39. The zero-order valence-electron chi connectivity index (χ0n) is 14.7. The standard InChI is InChI=1S/C16H21N5O4S/c1-18-6-3-5-14(15(18)22)16(23)20-7-4-8-21(10-9-20)26(24,25)13-11-17-19(2)12-13/h3,5-6,11-12H,4,7-10H2,1-2H3. The van der Waals surface area contributed by atoms with Crippen LogP contribution >= 0.6 is 0 Å². The molecule has 0 atom stereocenters. The molecule has 26 heavy (non-hydrogen) atoms. The van der Waals surface area contributed by atoms with Gasteiger partial charge in [-0.05, 0) is 18.6 Å². The van der Waals surface area contributed by atoms with Crippen molar-refractivity contribution in [2.24, 2.45) is 14.1 Å². The van der Waals surface area contributed by atoms with Crippen molar-refractivity contribution in [1.82, 2.24) is 23.6 Å². The molecule has 1 amide bonds. The Morgan fingerprint density at radius 1 is 1.15 bits per heavy atom. The lowest BCUT2D eigenvalue weighted by molar-refractivity contribution is 0.0762. The molecule has 0 spiro atoms. The van der Waals surface area contributed by atoms with Gasteiger partial charge in [-0.2, -0.15) is 9.40 Å². The van der Waals surface area contributed by atoms with Crippen LogP contribution in [-0.2, 0) is 24.1 Å². The van der Waals surface area contributed by atoms with Crippen LogP contribution in [0.5, 0.6) is 0 Å². The van der Waals surface area contributed by atoms with Crippen LogP contribution in [0.4, 0.5) is 0 Å². The summed E-state index contributed by atoms with van der Waals surface area (Å²) < 4.78 is 29.6. The number of hydrogen-bond donors (Lipinski definition) is 0. The van der Waals surface area contributed by atoms with Gasteiger partial charge >= 0.3 is 0 Å². The van der Waals surface area contributed by atoms with Crippen LogP contribution in [0.2, 0.25) is 0 Å². The second-order valence-electron chi connectivity index (χ2n) is 6.24. The first-order valence-electron chi connectivity index (χ1n) is 8.24. The van der Waals surface area contributed by atoms with Crippen LogP contribution in [-0.4, -0.2) is 64.1 Å². The normalized spacial score (nSPS) is 16.5. The van der Waals surface area contributed by atoms with Crippen LogP contribution in [0.3, 0.4) is 0 Å². The fourth-order valence-electron chi connectivity index (χ4n) is 2.95. The SMILES string of the molecule is Cn1cc(S(=O)(=O)N2CCCN(C(=O)c3cccn(C)c3=O)CC2)cn1. The molecule has 1 aliphatic rings. The Balaban J connectivity index is 1.77.